The Morgan fingerprint density at radius 3 is 2.62 bits per heavy atom. The maximum absolute atomic E-state index is 13.6. The summed E-state index contributed by atoms with van der Waals surface area (Å²) in [7, 11) is 0. The first-order valence-corrected chi connectivity index (χ1v) is 13.3. The van der Waals surface area contributed by atoms with E-state index >= 15 is 0 Å². The highest BCUT2D eigenvalue weighted by Crippen LogP contribution is 2.33. The van der Waals surface area contributed by atoms with E-state index in [1.54, 1.807) is 11.3 Å². The van der Waals surface area contributed by atoms with Crippen molar-refractivity contribution in [2.24, 2.45) is 0 Å². The van der Waals surface area contributed by atoms with E-state index < -0.39 is 0 Å². The molecule has 1 aromatic carbocycles. The molecule has 0 unspecified atom stereocenters. The number of carbonyl (C=O) groups excluding carboxylic acids is 1. The largest absolute Gasteiger partial charge is 0.348 e. The third kappa shape index (κ3) is 4.89. The van der Waals surface area contributed by atoms with Crippen LogP contribution in [-0.4, -0.2) is 25.2 Å². The minimum Gasteiger partial charge on any atom is -0.348 e. The highest BCUT2D eigenvalue weighted by atomic mass is 32.1. The molecule has 0 aliphatic rings. The first kappa shape index (κ1) is 24.8. The van der Waals surface area contributed by atoms with Crippen LogP contribution in [0.2, 0.25) is 0 Å². The molecule has 4 heterocycles. The van der Waals surface area contributed by atoms with Crippen LogP contribution in [0.15, 0.2) is 59.1 Å². The molecule has 0 spiro atoms. The topological polar surface area (TPSA) is 84.7 Å². The number of nitrogens with one attached hydrogen (secondary N) is 2. The van der Waals surface area contributed by atoms with Gasteiger partial charge >= 0.3 is 0 Å². The average molecular weight is 514 g/mol. The molecule has 0 saturated heterocycles. The molecule has 0 bridgehead atoms. The lowest BCUT2D eigenvalue weighted by molar-refractivity contribution is 0.0952. The van der Waals surface area contributed by atoms with Crippen LogP contribution >= 0.6 is 11.3 Å². The molecule has 1 amide bonds. The number of aromatic nitrogens is 4. The first-order chi connectivity index (χ1) is 17.7. The molecule has 0 aliphatic carbocycles. The smallest absolute Gasteiger partial charge is 0.253 e. The quantitative estimate of drug-likeness (QED) is 0.291. The van der Waals surface area contributed by atoms with Crippen molar-refractivity contribution < 1.29 is 4.79 Å². The molecule has 4 aromatic heterocycles. The van der Waals surface area contributed by atoms with Crippen molar-refractivity contribution in [1.29, 1.82) is 0 Å². The highest BCUT2D eigenvalue weighted by Gasteiger charge is 2.20. The Morgan fingerprint density at radius 2 is 1.92 bits per heavy atom. The standard InChI is InChI=1S/C29H31N5O2S/c1-17(2)34-14-19(4)27-24(28(35)30-13-25-18(3)9-20(5)32-29(25)36)10-21(11-26(27)34)22-12-31-33(15-22)16-23-7-6-8-37-23/h6-12,14-15,17H,13,16H2,1-5H3,(H,30,35)(H,32,36). The monoisotopic (exact) mass is 513 g/mol. The molecule has 190 valence electrons. The van der Waals surface area contributed by atoms with Gasteiger partial charge in [0.1, 0.15) is 0 Å². The van der Waals surface area contributed by atoms with Gasteiger partial charge in [-0.15, -0.1) is 11.3 Å². The summed E-state index contributed by atoms with van der Waals surface area (Å²) in [5.41, 5.74) is 6.58. The van der Waals surface area contributed by atoms with Gasteiger partial charge in [-0.3, -0.25) is 14.3 Å². The maximum atomic E-state index is 13.6. The van der Waals surface area contributed by atoms with Gasteiger partial charge in [-0.1, -0.05) is 6.07 Å². The van der Waals surface area contributed by atoms with E-state index in [0.717, 1.165) is 38.9 Å². The van der Waals surface area contributed by atoms with Gasteiger partial charge in [0.25, 0.3) is 11.5 Å². The van der Waals surface area contributed by atoms with Gasteiger partial charge in [0.05, 0.1) is 12.7 Å². The summed E-state index contributed by atoms with van der Waals surface area (Å²) in [6.07, 6.45) is 5.97. The number of fused-ring (bicyclic) bond motifs is 1. The van der Waals surface area contributed by atoms with Gasteiger partial charge in [0.15, 0.2) is 0 Å². The number of H-pyrrole nitrogens is 1. The fraction of sp³-hybridized carbons (Fsp3) is 0.276. The molecule has 0 radical (unpaired) electrons. The van der Waals surface area contributed by atoms with Gasteiger partial charge in [0, 0.05) is 63.1 Å². The number of aryl methyl sites for hydroxylation is 3. The zero-order chi connectivity index (χ0) is 26.3. The van der Waals surface area contributed by atoms with Crippen molar-refractivity contribution in [1.82, 2.24) is 24.6 Å². The SMILES string of the molecule is Cc1cc(C)c(CNC(=O)c2cc(-c3cnn(Cc4cccs4)c3)cc3c2c(C)cn3C(C)C)c(=O)[nH]1. The molecule has 7 nitrogen and oxygen atoms in total. The van der Waals surface area contributed by atoms with Gasteiger partial charge in [-0.2, -0.15) is 5.10 Å². The lowest BCUT2D eigenvalue weighted by atomic mass is 9.99. The molecule has 0 atom stereocenters. The van der Waals surface area contributed by atoms with Crippen molar-refractivity contribution in [3.05, 3.63) is 97.5 Å². The maximum Gasteiger partial charge on any atom is 0.253 e. The normalized spacial score (nSPS) is 11.5. The first-order valence-electron chi connectivity index (χ1n) is 12.4. The second-order valence-corrected chi connectivity index (χ2v) is 10.9. The molecular weight excluding hydrogens is 482 g/mol. The van der Waals surface area contributed by atoms with Crippen molar-refractivity contribution >= 4 is 28.1 Å². The number of rotatable bonds is 7. The minimum atomic E-state index is -0.207. The number of pyridine rings is 1. The Balaban J connectivity index is 1.54. The molecule has 0 fully saturated rings. The summed E-state index contributed by atoms with van der Waals surface area (Å²) in [6.45, 7) is 10.9. The molecular formula is C29H31N5O2S. The van der Waals surface area contributed by atoms with E-state index in [0.29, 0.717) is 17.7 Å². The summed E-state index contributed by atoms with van der Waals surface area (Å²) >= 11 is 1.70. The molecule has 0 saturated carbocycles. The van der Waals surface area contributed by atoms with Crippen molar-refractivity contribution in [2.75, 3.05) is 0 Å². The van der Waals surface area contributed by atoms with Crippen LogP contribution in [0.1, 0.15) is 57.5 Å². The number of carbonyl (C=O) groups is 1. The molecule has 8 heteroatoms. The van der Waals surface area contributed by atoms with E-state index in [4.69, 9.17) is 0 Å². The van der Waals surface area contributed by atoms with E-state index in [9.17, 15) is 9.59 Å². The van der Waals surface area contributed by atoms with Crippen LogP contribution in [0.25, 0.3) is 22.0 Å². The van der Waals surface area contributed by atoms with Crippen LogP contribution in [-0.2, 0) is 13.1 Å². The van der Waals surface area contributed by atoms with Gasteiger partial charge in [-0.05, 0) is 81.0 Å². The summed E-state index contributed by atoms with van der Waals surface area (Å²) in [5.74, 6) is -0.207. The Hall–Kier alpha value is -3.91. The van der Waals surface area contributed by atoms with Crippen LogP contribution in [0, 0.1) is 20.8 Å². The van der Waals surface area contributed by atoms with E-state index in [-0.39, 0.29) is 24.1 Å². The minimum absolute atomic E-state index is 0.161. The molecule has 5 aromatic rings. The van der Waals surface area contributed by atoms with Gasteiger partial charge in [0.2, 0.25) is 0 Å². The lowest BCUT2D eigenvalue weighted by Gasteiger charge is -2.13. The summed E-state index contributed by atoms with van der Waals surface area (Å²) in [6, 6.07) is 10.4. The molecule has 0 aliphatic heterocycles. The van der Waals surface area contributed by atoms with Crippen LogP contribution < -0.4 is 10.9 Å². The van der Waals surface area contributed by atoms with Gasteiger partial charge in [-0.25, -0.2) is 0 Å². The van der Waals surface area contributed by atoms with Crippen LogP contribution in [0.4, 0.5) is 0 Å². The second kappa shape index (κ2) is 9.86. The fourth-order valence-electron chi connectivity index (χ4n) is 4.89. The highest BCUT2D eigenvalue weighted by molar-refractivity contribution is 7.09. The molecule has 5 rings (SSSR count). The van der Waals surface area contributed by atoms with E-state index in [1.165, 1.54) is 4.88 Å². The lowest BCUT2D eigenvalue weighted by Crippen LogP contribution is -2.28. The number of thiophene rings is 1. The Bertz CT molecular complexity index is 1650. The number of nitrogens with zero attached hydrogens (tertiary/aromatic N) is 3. The number of amides is 1. The average Bonchev–Trinajstić information content (AvgIpc) is 3.59. The van der Waals surface area contributed by atoms with Crippen LogP contribution in [0.3, 0.4) is 0 Å². The van der Waals surface area contributed by atoms with Gasteiger partial charge < -0.3 is 14.9 Å². The number of aromatic amines is 1. The summed E-state index contributed by atoms with van der Waals surface area (Å²) in [4.78, 5) is 30.2. The summed E-state index contributed by atoms with van der Waals surface area (Å²) in [5, 5.41) is 10.6. The molecule has 37 heavy (non-hydrogen) atoms. The summed E-state index contributed by atoms with van der Waals surface area (Å²) < 4.78 is 4.13. The van der Waals surface area contributed by atoms with Crippen molar-refractivity contribution in [3.63, 3.8) is 0 Å². The fourth-order valence-corrected chi connectivity index (χ4v) is 5.58. The van der Waals surface area contributed by atoms with Crippen molar-refractivity contribution in [2.45, 2.75) is 53.8 Å². The van der Waals surface area contributed by atoms with E-state index in [1.807, 2.05) is 56.0 Å². The Morgan fingerprint density at radius 1 is 1.11 bits per heavy atom. The Kier molecular flexibility index (Phi) is 6.60. The number of benzene rings is 1. The van der Waals surface area contributed by atoms with Crippen LogP contribution in [0.5, 0.6) is 0 Å². The molecule has 2 N–H and O–H groups in total. The predicted octanol–water partition coefficient (Wildman–Crippen LogP) is 5.74. The Labute approximate surface area is 219 Å². The van der Waals surface area contributed by atoms with E-state index in [2.05, 4.69) is 57.5 Å². The number of hydrogen-bond acceptors (Lipinski definition) is 4. The predicted molar refractivity (Wildman–Crippen MR) is 149 cm³/mol. The zero-order valence-electron chi connectivity index (χ0n) is 21.8. The zero-order valence-corrected chi connectivity index (χ0v) is 22.6. The third-order valence-electron chi connectivity index (χ3n) is 6.71. The number of hydrogen-bond donors (Lipinski definition) is 2. The third-order valence-corrected chi connectivity index (χ3v) is 7.57. The second-order valence-electron chi connectivity index (χ2n) is 9.86. The van der Waals surface area contributed by atoms with Crippen molar-refractivity contribution in [3.8, 4) is 11.1 Å².